The molecular formula is C29H39ClN6O6. The van der Waals surface area contributed by atoms with Crippen molar-refractivity contribution in [3.8, 4) is 11.5 Å². The van der Waals surface area contributed by atoms with Crippen LogP contribution in [0, 0.1) is 0 Å². The van der Waals surface area contributed by atoms with Crippen LogP contribution < -0.4 is 16.0 Å². The van der Waals surface area contributed by atoms with E-state index in [9.17, 15) is 15.0 Å². The molecule has 5 N–H and O–H groups in total. The maximum atomic E-state index is 12.1. The number of phenols is 2. The zero-order valence-corrected chi connectivity index (χ0v) is 24.9. The van der Waals surface area contributed by atoms with Gasteiger partial charge in [-0.2, -0.15) is 9.97 Å². The van der Waals surface area contributed by atoms with Crippen LogP contribution in [0.15, 0.2) is 45.2 Å². The van der Waals surface area contributed by atoms with E-state index in [1.54, 1.807) is 41.3 Å². The van der Waals surface area contributed by atoms with Crippen LogP contribution in [-0.4, -0.2) is 75.0 Å². The number of carbonyl (C=O) groups is 1. The van der Waals surface area contributed by atoms with Crippen molar-refractivity contribution in [1.29, 1.82) is 0 Å². The predicted molar refractivity (Wildman–Crippen MR) is 163 cm³/mol. The quantitative estimate of drug-likeness (QED) is 0.202. The number of rotatable bonds is 4. The number of ether oxygens (including phenoxy) is 1. The fourth-order valence-corrected chi connectivity index (χ4v) is 4.80. The number of halogens is 1. The first-order valence-corrected chi connectivity index (χ1v) is 14.0. The van der Waals surface area contributed by atoms with Gasteiger partial charge in [-0.25, -0.2) is 4.79 Å². The van der Waals surface area contributed by atoms with Crippen molar-refractivity contribution >= 4 is 52.7 Å². The van der Waals surface area contributed by atoms with E-state index < -0.39 is 5.60 Å². The number of anilines is 2. The van der Waals surface area contributed by atoms with Gasteiger partial charge in [-0.1, -0.05) is 0 Å². The molecule has 4 heterocycles. The average molecular weight is 603 g/mol. The van der Waals surface area contributed by atoms with Crippen LogP contribution in [0.25, 0.3) is 22.2 Å². The van der Waals surface area contributed by atoms with Crippen molar-refractivity contribution < 1.29 is 28.6 Å². The summed E-state index contributed by atoms with van der Waals surface area (Å²) in [4.78, 5) is 22.4. The summed E-state index contributed by atoms with van der Waals surface area (Å²) in [5, 5.41) is 28.7. The van der Waals surface area contributed by atoms with Crippen LogP contribution in [0.2, 0.25) is 0 Å². The van der Waals surface area contributed by atoms with Gasteiger partial charge in [0, 0.05) is 37.3 Å². The normalized spacial score (nSPS) is 16.4. The van der Waals surface area contributed by atoms with Crippen LogP contribution in [0.1, 0.15) is 46.5 Å². The molecule has 2 saturated heterocycles. The lowest BCUT2D eigenvalue weighted by Crippen LogP contribution is -2.44. The van der Waals surface area contributed by atoms with Gasteiger partial charge in [-0.15, -0.1) is 12.4 Å². The number of piperidine rings is 2. The number of fused-ring (bicyclic) bond motifs is 2. The molecule has 2 fully saturated rings. The third-order valence-electron chi connectivity index (χ3n) is 6.88. The number of nitrogens with zero attached hydrogens (tertiary/aromatic N) is 3. The Kier molecular flexibility index (Phi) is 9.89. The van der Waals surface area contributed by atoms with Crippen LogP contribution in [0.4, 0.5) is 16.8 Å². The number of benzene rings is 2. The molecule has 0 spiro atoms. The van der Waals surface area contributed by atoms with Gasteiger partial charge in [-0.3, -0.25) is 0 Å². The highest BCUT2D eigenvalue weighted by Gasteiger charge is 2.27. The van der Waals surface area contributed by atoms with E-state index in [0.717, 1.165) is 38.8 Å². The molecule has 13 heteroatoms. The molecule has 2 aromatic heterocycles. The molecule has 228 valence electrons. The molecule has 2 aromatic carbocycles. The standard InChI is InChI=1S/C17H23N3O4.C12H15N3O2.ClH/c1-17(2,3)24-16(22)20-8-6-11(7-9-20)18-15-19-13-10-12(21)4-5-14(13)23-15;16-9-1-2-11-10(7-9)15-12(17-11)14-8-3-5-13-6-4-8;/h4-5,10-11,21H,6-9H2,1-3H3,(H,18,19);1-2,7-8,13,16H,3-6H2,(H,14,15);1H. The zero-order chi connectivity index (χ0) is 29.0. The molecule has 6 rings (SSSR count). The number of likely N-dealkylation sites (tertiary alicyclic amines) is 1. The van der Waals surface area contributed by atoms with Crippen molar-refractivity contribution in [3.63, 3.8) is 0 Å². The van der Waals surface area contributed by atoms with Crippen LogP contribution >= 0.6 is 12.4 Å². The predicted octanol–water partition coefficient (Wildman–Crippen LogP) is 5.46. The number of amides is 1. The summed E-state index contributed by atoms with van der Waals surface area (Å²) in [5.74, 6) is 0.368. The van der Waals surface area contributed by atoms with Crippen molar-refractivity contribution in [2.45, 2.75) is 64.1 Å². The lowest BCUT2D eigenvalue weighted by molar-refractivity contribution is 0.0210. The van der Waals surface area contributed by atoms with E-state index in [2.05, 4.69) is 25.9 Å². The van der Waals surface area contributed by atoms with Gasteiger partial charge < -0.3 is 44.6 Å². The number of carbonyl (C=O) groups excluding carboxylic acids is 1. The van der Waals surface area contributed by atoms with Gasteiger partial charge in [0.2, 0.25) is 0 Å². The van der Waals surface area contributed by atoms with Crippen LogP contribution in [0.5, 0.6) is 11.5 Å². The van der Waals surface area contributed by atoms with Gasteiger partial charge in [0.15, 0.2) is 11.2 Å². The molecule has 0 bridgehead atoms. The zero-order valence-electron chi connectivity index (χ0n) is 24.1. The summed E-state index contributed by atoms with van der Waals surface area (Å²) >= 11 is 0. The van der Waals surface area contributed by atoms with E-state index in [0.29, 0.717) is 53.4 Å². The Morgan fingerprint density at radius 3 is 1.83 bits per heavy atom. The number of hydrogen-bond donors (Lipinski definition) is 5. The maximum Gasteiger partial charge on any atom is 0.410 e. The Morgan fingerprint density at radius 1 is 0.881 bits per heavy atom. The molecule has 0 atom stereocenters. The summed E-state index contributed by atoms with van der Waals surface area (Å²) in [6, 6.07) is 11.3. The van der Waals surface area contributed by atoms with Gasteiger partial charge in [0.05, 0.1) is 0 Å². The van der Waals surface area contributed by atoms with Crippen LogP contribution in [0.3, 0.4) is 0 Å². The summed E-state index contributed by atoms with van der Waals surface area (Å²) in [5.41, 5.74) is 2.14. The van der Waals surface area contributed by atoms with E-state index in [1.165, 1.54) is 0 Å². The number of hydrogen-bond acceptors (Lipinski definition) is 11. The first-order valence-electron chi connectivity index (χ1n) is 14.0. The number of nitrogens with one attached hydrogen (secondary N) is 3. The summed E-state index contributed by atoms with van der Waals surface area (Å²) in [6.45, 7) is 8.91. The fourth-order valence-electron chi connectivity index (χ4n) is 4.80. The molecule has 2 aliphatic rings. The fraction of sp³-hybridized carbons (Fsp3) is 0.483. The Balaban J connectivity index is 0.000000198. The minimum atomic E-state index is -0.476. The SMILES string of the molecule is CC(C)(C)OC(=O)N1CCC(Nc2nc3cc(O)ccc3o2)CC1.Cl.Oc1ccc2oc(NC3CCNCC3)nc2c1. The van der Waals surface area contributed by atoms with E-state index >= 15 is 0 Å². The smallest absolute Gasteiger partial charge is 0.410 e. The molecule has 4 aromatic rings. The van der Waals surface area contributed by atoms with Crippen molar-refractivity contribution in [1.82, 2.24) is 20.2 Å². The summed E-state index contributed by atoms with van der Waals surface area (Å²) < 4.78 is 16.6. The second kappa shape index (κ2) is 13.4. The highest BCUT2D eigenvalue weighted by atomic mass is 35.5. The van der Waals surface area contributed by atoms with Crippen molar-refractivity contribution in [2.24, 2.45) is 0 Å². The summed E-state index contributed by atoms with van der Waals surface area (Å²) in [7, 11) is 0. The third kappa shape index (κ3) is 8.32. The highest BCUT2D eigenvalue weighted by Crippen LogP contribution is 2.26. The second-order valence-electron chi connectivity index (χ2n) is 11.4. The number of aromatic nitrogens is 2. The monoisotopic (exact) mass is 602 g/mol. The molecule has 0 aliphatic carbocycles. The minimum Gasteiger partial charge on any atom is -0.508 e. The van der Waals surface area contributed by atoms with E-state index in [4.69, 9.17) is 13.6 Å². The number of phenolic OH excluding ortho intramolecular Hbond substituents is 2. The molecule has 12 nitrogen and oxygen atoms in total. The van der Waals surface area contributed by atoms with E-state index in [1.807, 2.05) is 20.8 Å². The highest BCUT2D eigenvalue weighted by molar-refractivity contribution is 5.85. The molecular weight excluding hydrogens is 564 g/mol. The lowest BCUT2D eigenvalue weighted by Gasteiger charge is -2.33. The van der Waals surface area contributed by atoms with Crippen LogP contribution in [-0.2, 0) is 4.74 Å². The molecule has 42 heavy (non-hydrogen) atoms. The topological polar surface area (TPSA) is 158 Å². The largest absolute Gasteiger partial charge is 0.508 e. The Morgan fingerprint density at radius 2 is 1.36 bits per heavy atom. The number of oxazole rings is 2. The second-order valence-corrected chi connectivity index (χ2v) is 11.4. The molecule has 0 unspecified atom stereocenters. The van der Waals surface area contributed by atoms with E-state index in [-0.39, 0.29) is 36.0 Å². The van der Waals surface area contributed by atoms with Gasteiger partial charge in [0.25, 0.3) is 12.0 Å². The molecule has 1 amide bonds. The first kappa shape index (κ1) is 31.0. The average Bonchev–Trinajstić information content (AvgIpc) is 3.51. The Labute approximate surface area is 250 Å². The third-order valence-corrected chi connectivity index (χ3v) is 6.88. The Hall–Kier alpha value is -3.90. The van der Waals surface area contributed by atoms with Gasteiger partial charge in [-0.05, 0) is 83.8 Å². The van der Waals surface area contributed by atoms with Crippen molar-refractivity contribution in [3.05, 3.63) is 36.4 Å². The maximum absolute atomic E-state index is 12.1. The Bertz CT molecular complexity index is 1470. The van der Waals surface area contributed by atoms with Crippen molar-refractivity contribution in [2.75, 3.05) is 36.8 Å². The first-order chi connectivity index (χ1) is 19.6. The lowest BCUT2D eigenvalue weighted by atomic mass is 10.1. The number of aromatic hydroxyl groups is 2. The summed E-state index contributed by atoms with van der Waals surface area (Å²) in [6.07, 6.45) is 3.47. The molecule has 2 aliphatic heterocycles. The van der Waals surface area contributed by atoms with Gasteiger partial charge >= 0.3 is 6.09 Å². The molecule has 0 saturated carbocycles. The van der Waals surface area contributed by atoms with Gasteiger partial charge in [0.1, 0.15) is 28.1 Å². The molecule has 0 radical (unpaired) electrons. The minimum absolute atomic E-state index is 0.